The fourth-order valence-corrected chi connectivity index (χ4v) is 1.93. The van der Waals surface area contributed by atoms with Crippen LogP contribution in [-0.2, 0) is 6.42 Å². The molecule has 1 aromatic carbocycles. The van der Waals surface area contributed by atoms with Crippen molar-refractivity contribution in [3.63, 3.8) is 0 Å². The van der Waals surface area contributed by atoms with Crippen LogP contribution in [0.2, 0.25) is 0 Å². The molecule has 1 aromatic heterocycles. The van der Waals surface area contributed by atoms with Crippen molar-refractivity contribution in [2.24, 2.45) is 0 Å². The van der Waals surface area contributed by atoms with Crippen molar-refractivity contribution in [2.75, 3.05) is 13.6 Å². The number of pyridine rings is 1. The van der Waals surface area contributed by atoms with Crippen molar-refractivity contribution < 1.29 is 0 Å². The molecule has 15 heavy (non-hydrogen) atoms. The minimum atomic E-state index is 1.01. The molecule has 0 aliphatic heterocycles. The number of aromatic nitrogens is 1. The molecule has 0 aliphatic rings. The van der Waals surface area contributed by atoms with E-state index in [2.05, 4.69) is 50.5 Å². The van der Waals surface area contributed by atoms with Crippen LogP contribution < -0.4 is 5.32 Å². The fourth-order valence-electron chi connectivity index (χ4n) is 1.58. The summed E-state index contributed by atoms with van der Waals surface area (Å²) in [5.74, 6) is 0. The number of fused-ring (bicyclic) bond motifs is 1. The molecule has 3 heteroatoms. The summed E-state index contributed by atoms with van der Waals surface area (Å²) < 4.78 is 1.03. The van der Waals surface area contributed by atoms with Gasteiger partial charge in [0.15, 0.2) is 0 Å². The monoisotopic (exact) mass is 264 g/mol. The summed E-state index contributed by atoms with van der Waals surface area (Å²) in [6.45, 7) is 1.01. The van der Waals surface area contributed by atoms with Crippen molar-refractivity contribution >= 4 is 26.8 Å². The molecule has 0 radical (unpaired) electrons. The SMILES string of the molecule is CNCCc1ccc2ncc(Br)cc2c1. The molecule has 1 heterocycles. The van der Waals surface area contributed by atoms with E-state index in [1.165, 1.54) is 10.9 Å². The minimum absolute atomic E-state index is 1.01. The van der Waals surface area contributed by atoms with E-state index in [0.29, 0.717) is 0 Å². The second-order valence-corrected chi connectivity index (χ2v) is 4.45. The Hall–Kier alpha value is -0.930. The highest BCUT2D eigenvalue weighted by molar-refractivity contribution is 9.10. The maximum absolute atomic E-state index is 4.34. The highest BCUT2D eigenvalue weighted by Crippen LogP contribution is 2.18. The molecule has 0 unspecified atom stereocenters. The Bertz CT molecular complexity index is 468. The molecule has 0 spiro atoms. The first-order chi connectivity index (χ1) is 7.29. The zero-order valence-electron chi connectivity index (χ0n) is 8.63. The zero-order chi connectivity index (χ0) is 10.7. The van der Waals surface area contributed by atoms with Gasteiger partial charge in [-0.3, -0.25) is 4.98 Å². The summed E-state index contributed by atoms with van der Waals surface area (Å²) in [7, 11) is 1.97. The minimum Gasteiger partial charge on any atom is -0.319 e. The van der Waals surface area contributed by atoms with E-state index in [4.69, 9.17) is 0 Å². The Morgan fingerprint density at radius 1 is 1.33 bits per heavy atom. The van der Waals surface area contributed by atoms with Gasteiger partial charge in [-0.05, 0) is 59.7 Å². The molecule has 2 aromatic rings. The third-order valence-corrected chi connectivity index (χ3v) is 2.81. The lowest BCUT2D eigenvalue weighted by atomic mass is 10.1. The number of rotatable bonds is 3. The third-order valence-electron chi connectivity index (χ3n) is 2.38. The van der Waals surface area contributed by atoms with Crippen LogP contribution in [0.1, 0.15) is 5.56 Å². The summed E-state index contributed by atoms with van der Waals surface area (Å²) in [6, 6.07) is 8.52. The average Bonchev–Trinajstić information content (AvgIpc) is 2.25. The number of nitrogens with zero attached hydrogens (tertiary/aromatic N) is 1. The van der Waals surface area contributed by atoms with Crippen molar-refractivity contribution in [3.05, 3.63) is 40.5 Å². The van der Waals surface area contributed by atoms with E-state index in [1.54, 1.807) is 0 Å². The molecule has 1 N–H and O–H groups in total. The molecule has 0 saturated heterocycles. The normalized spacial score (nSPS) is 10.8. The van der Waals surface area contributed by atoms with E-state index in [-0.39, 0.29) is 0 Å². The first-order valence-electron chi connectivity index (χ1n) is 4.98. The second kappa shape index (κ2) is 4.73. The maximum Gasteiger partial charge on any atom is 0.0703 e. The first kappa shape index (κ1) is 10.6. The van der Waals surface area contributed by atoms with Gasteiger partial charge in [0.05, 0.1) is 5.52 Å². The van der Waals surface area contributed by atoms with Crippen LogP contribution in [0.25, 0.3) is 10.9 Å². The van der Waals surface area contributed by atoms with Gasteiger partial charge in [-0.25, -0.2) is 0 Å². The molecular formula is C12H13BrN2. The molecule has 0 saturated carbocycles. The Morgan fingerprint density at radius 3 is 3.00 bits per heavy atom. The summed E-state index contributed by atoms with van der Waals surface area (Å²) in [5.41, 5.74) is 2.39. The van der Waals surface area contributed by atoms with Gasteiger partial charge in [0.25, 0.3) is 0 Å². The second-order valence-electron chi connectivity index (χ2n) is 3.53. The van der Waals surface area contributed by atoms with Gasteiger partial charge in [-0.1, -0.05) is 6.07 Å². The van der Waals surface area contributed by atoms with Gasteiger partial charge < -0.3 is 5.32 Å². The van der Waals surface area contributed by atoms with Crippen LogP contribution in [-0.4, -0.2) is 18.6 Å². The standard InChI is InChI=1S/C12H13BrN2/c1-14-5-4-9-2-3-12-10(6-9)7-11(13)8-15-12/h2-3,6-8,14H,4-5H2,1H3. The van der Waals surface area contributed by atoms with E-state index in [9.17, 15) is 0 Å². The maximum atomic E-state index is 4.34. The van der Waals surface area contributed by atoms with Crippen LogP contribution in [0.3, 0.4) is 0 Å². The lowest BCUT2D eigenvalue weighted by molar-refractivity contribution is 0.792. The molecule has 78 valence electrons. The number of nitrogens with one attached hydrogen (secondary N) is 1. The quantitative estimate of drug-likeness (QED) is 0.923. The van der Waals surface area contributed by atoms with Crippen molar-refractivity contribution in [2.45, 2.75) is 6.42 Å². The predicted molar refractivity (Wildman–Crippen MR) is 67.1 cm³/mol. The Morgan fingerprint density at radius 2 is 2.20 bits per heavy atom. The number of hydrogen-bond acceptors (Lipinski definition) is 2. The van der Waals surface area contributed by atoms with E-state index in [1.807, 2.05) is 13.2 Å². The van der Waals surface area contributed by atoms with Crippen LogP contribution in [0.4, 0.5) is 0 Å². The molecule has 2 rings (SSSR count). The van der Waals surface area contributed by atoms with Crippen molar-refractivity contribution in [3.8, 4) is 0 Å². The molecule has 0 aliphatic carbocycles. The number of benzene rings is 1. The number of halogens is 1. The predicted octanol–water partition coefficient (Wildman–Crippen LogP) is 2.76. The largest absolute Gasteiger partial charge is 0.319 e. The zero-order valence-corrected chi connectivity index (χ0v) is 10.2. The summed E-state index contributed by atoms with van der Waals surface area (Å²) in [5, 5.41) is 4.34. The van der Waals surface area contributed by atoms with Crippen LogP contribution in [0, 0.1) is 0 Å². The van der Waals surface area contributed by atoms with Crippen molar-refractivity contribution in [1.29, 1.82) is 0 Å². The van der Waals surface area contributed by atoms with Gasteiger partial charge >= 0.3 is 0 Å². The van der Waals surface area contributed by atoms with Gasteiger partial charge in [0, 0.05) is 16.1 Å². The summed E-state index contributed by atoms with van der Waals surface area (Å²) in [6.07, 6.45) is 2.88. The highest BCUT2D eigenvalue weighted by Gasteiger charge is 1.98. The smallest absolute Gasteiger partial charge is 0.0703 e. The first-order valence-corrected chi connectivity index (χ1v) is 5.77. The van der Waals surface area contributed by atoms with Gasteiger partial charge in [0.2, 0.25) is 0 Å². The van der Waals surface area contributed by atoms with Crippen LogP contribution in [0.5, 0.6) is 0 Å². The summed E-state index contributed by atoms with van der Waals surface area (Å²) in [4.78, 5) is 4.34. The van der Waals surface area contributed by atoms with E-state index < -0.39 is 0 Å². The lowest BCUT2D eigenvalue weighted by Crippen LogP contribution is -2.10. The Balaban J connectivity index is 2.36. The van der Waals surface area contributed by atoms with E-state index >= 15 is 0 Å². The molecule has 2 nitrogen and oxygen atoms in total. The third kappa shape index (κ3) is 2.55. The topological polar surface area (TPSA) is 24.9 Å². The molecule has 0 fully saturated rings. The molecular weight excluding hydrogens is 252 g/mol. The van der Waals surface area contributed by atoms with Crippen LogP contribution in [0.15, 0.2) is 34.9 Å². The number of likely N-dealkylation sites (N-methyl/N-ethyl adjacent to an activating group) is 1. The van der Waals surface area contributed by atoms with Gasteiger partial charge in [-0.2, -0.15) is 0 Å². The number of hydrogen-bond donors (Lipinski definition) is 1. The molecule has 0 amide bonds. The molecule has 0 atom stereocenters. The Kier molecular flexibility index (Phi) is 3.34. The highest BCUT2D eigenvalue weighted by atomic mass is 79.9. The molecule has 0 bridgehead atoms. The van der Waals surface area contributed by atoms with E-state index in [0.717, 1.165) is 23.0 Å². The fraction of sp³-hybridized carbons (Fsp3) is 0.250. The summed E-state index contributed by atoms with van der Waals surface area (Å²) >= 11 is 3.43. The lowest BCUT2D eigenvalue weighted by Gasteiger charge is -2.03. The Labute approximate surface area is 97.8 Å². The average molecular weight is 265 g/mol. The van der Waals surface area contributed by atoms with Crippen LogP contribution >= 0.6 is 15.9 Å². The van der Waals surface area contributed by atoms with Crippen molar-refractivity contribution in [1.82, 2.24) is 10.3 Å². The van der Waals surface area contributed by atoms with Gasteiger partial charge in [0.1, 0.15) is 0 Å². The van der Waals surface area contributed by atoms with Gasteiger partial charge in [-0.15, -0.1) is 0 Å².